The Morgan fingerprint density at radius 2 is 1.59 bits per heavy atom. The molecule has 27 heavy (non-hydrogen) atoms. The number of amides is 2. The van der Waals surface area contributed by atoms with Crippen LogP contribution in [0.4, 0.5) is 22.1 Å². The van der Waals surface area contributed by atoms with Gasteiger partial charge in [-0.15, -0.1) is 0 Å². The number of carbonyl (C=O) groups excluding carboxylic acids is 1. The highest BCUT2D eigenvalue weighted by Gasteiger charge is 2.19. The SMILES string of the molecule is COc1ccc(NC(=O)Nc2c(C)nc(N3CCN(C)CC3)nc2C)cc1. The van der Waals surface area contributed by atoms with E-state index in [0.717, 1.165) is 49.3 Å². The number of hydrogen-bond donors (Lipinski definition) is 2. The van der Waals surface area contributed by atoms with Crippen LogP contribution in [-0.2, 0) is 0 Å². The number of likely N-dealkylation sites (N-methyl/N-ethyl adjacent to an activating group) is 1. The smallest absolute Gasteiger partial charge is 0.323 e. The van der Waals surface area contributed by atoms with Gasteiger partial charge in [0.15, 0.2) is 0 Å². The van der Waals surface area contributed by atoms with E-state index in [2.05, 4.69) is 37.4 Å². The summed E-state index contributed by atoms with van der Waals surface area (Å²) in [6.07, 6.45) is 0. The standard InChI is InChI=1S/C19H26N6O2/c1-13-17(23-19(26)22-15-5-7-16(27-4)8-6-15)14(2)21-18(20-13)25-11-9-24(3)10-12-25/h5-8H,9-12H2,1-4H3,(H2,22,23,26). The maximum absolute atomic E-state index is 12.3. The number of carbonyl (C=O) groups is 1. The number of nitrogens with zero attached hydrogens (tertiary/aromatic N) is 4. The Morgan fingerprint density at radius 1 is 1.00 bits per heavy atom. The molecule has 2 heterocycles. The van der Waals surface area contributed by atoms with E-state index in [-0.39, 0.29) is 6.03 Å². The number of piperazine rings is 1. The molecule has 1 saturated heterocycles. The van der Waals surface area contributed by atoms with Gasteiger partial charge in [0.05, 0.1) is 24.2 Å². The Bertz CT molecular complexity index is 777. The molecule has 0 unspecified atom stereocenters. The van der Waals surface area contributed by atoms with Crippen LogP contribution in [0.15, 0.2) is 24.3 Å². The molecule has 144 valence electrons. The molecule has 0 bridgehead atoms. The van der Waals surface area contributed by atoms with Gasteiger partial charge in [0, 0.05) is 31.9 Å². The van der Waals surface area contributed by atoms with Crippen molar-refractivity contribution in [3.8, 4) is 5.75 Å². The van der Waals surface area contributed by atoms with Crippen LogP contribution < -0.4 is 20.3 Å². The second kappa shape index (κ2) is 8.22. The molecule has 8 nitrogen and oxygen atoms in total. The molecule has 3 rings (SSSR count). The molecule has 0 radical (unpaired) electrons. The third-order valence-electron chi connectivity index (χ3n) is 4.63. The summed E-state index contributed by atoms with van der Waals surface area (Å²) in [5, 5.41) is 5.66. The number of hydrogen-bond acceptors (Lipinski definition) is 6. The van der Waals surface area contributed by atoms with Crippen molar-refractivity contribution in [1.29, 1.82) is 0 Å². The number of ether oxygens (including phenoxy) is 1. The second-order valence-corrected chi connectivity index (χ2v) is 6.67. The van der Waals surface area contributed by atoms with Crippen molar-refractivity contribution in [3.05, 3.63) is 35.7 Å². The summed E-state index contributed by atoms with van der Waals surface area (Å²) >= 11 is 0. The number of anilines is 3. The van der Waals surface area contributed by atoms with Crippen molar-refractivity contribution in [3.63, 3.8) is 0 Å². The summed E-state index contributed by atoms with van der Waals surface area (Å²) in [6, 6.07) is 6.82. The second-order valence-electron chi connectivity index (χ2n) is 6.67. The Kier molecular flexibility index (Phi) is 5.75. The summed E-state index contributed by atoms with van der Waals surface area (Å²) in [5.74, 6) is 1.46. The maximum Gasteiger partial charge on any atom is 0.323 e. The number of rotatable bonds is 4. The van der Waals surface area contributed by atoms with Crippen LogP contribution in [0.3, 0.4) is 0 Å². The normalized spacial score (nSPS) is 14.7. The first-order valence-corrected chi connectivity index (χ1v) is 8.97. The minimum absolute atomic E-state index is 0.331. The van der Waals surface area contributed by atoms with Crippen molar-refractivity contribution in [2.75, 3.05) is 55.9 Å². The number of benzene rings is 1. The average molecular weight is 370 g/mol. The van der Waals surface area contributed by atoms with E-state index in [1.54, 1.807) is 31.4 Å². The Morgan fingerprint density at radius 3 is 2.15 bits per heavy atom. The minimum Gasteiger partial charge on any atom is -0.497 e. The highest BCUT2D eigenvalue weighted by Crippen LogP contribution is 2.22. The van der Waals surface area contributed by atoms with E-state index in [4.69, 9.17) is 4.74 Å². The fraction of sp³-hybridized carbons (Fsp3) is 0.421. The van der Waals surface area contributed by atoms with Gasteiger partial charge in [-0.25, -0.2) is 14.8 Å². The van der Waals surface area contributed by atoms with Crippen LogP contribution in [0.5, 0.6) is 5.75 Å². The summed E-state index contributed by atoms with van der Waals surface area (Å²) in [5.41, 5.74) is 2.82. The van der Waals surface area contributed by atoms with Gasteiger partial charge in [-0.05, 0) is 45.2 Å². The quantitative estimate of drug-likeness (QED) is 0.860. The highest BCUT2D eigenvalue weighted by molar-refractivity contribution is 6.00. The first-order chi connectivity index (χ1) is 13.0. The van der Waals surface area contributed by atoms with Crippen LogP contribution in [0, 0.1) is 13.8 Å². The van der Waals surface area contributed by atoms with Gasteiger partial charge in [0.1, 0.15) is 5.75 Å². The lowest BCUT2D eigenvalue weighted by Crippen LogP contribution is -2.45. The van der Waals surface area contributed by atoms with Gasteiger partial charge in [0.25, 0.3) is 0 Å². The molecule has 0 aliphatic carbocycles. The topological polar surface area (TPSA) is 82.6 Å². The van der Waals surface area contributed by atoms with Crippen LogP contribution >= 0.6 is 0 Å². The first kappa shape index (κ1) is 18.9. The lowest BCUT2D eigenvalue weighted by Gasteiger charge is -2.32. The van der Waals surface area contributed by atoms with Gasteiger partial charge in [0.2, 0.25) is 5.95 Å². The van der Waals surface area contributed by atoms with Gasteiger partial charge >= 0.3 is 6.03 Å². The molecule has 1 aliphatic rings. The molecule has 1 aliphatic heterocycles. The van der Waals surface area contributed by atoms with Crippen LogP contribution in [-0.4, -0.2) is 61.2 Å². The lowest BCUT2D eigenvalue weighted by atomic mass is 10.2. The van der Waals surface area contributed by atoms with Gasteiger partial charge in [-0.2, -0.15) is 0 Å². The summed E-state index contributed by atoms with van der Waals surface area (Å²) in [6.45, 7) is 7.56. The zero-order valence-electron chi connectivity index (χ0n) is 16.2. The number of aryl methyl sites for hydroxylation is 2. The molecule has 0 saturated carbocycles. The fourth-order valence-corrected chi connectivity index (χ4v) is 2.98. The number of urea groups is 1. The van der Waals surface area contributed by atoms with Crippen molar-refractivity contribution in [2.45, 2.75) is 13.8 Å². The number of methoxy groups -OCH3 is 1. The number of aromatic nitrogens is 2. The van der Waals surface area contributed by atoms with Crippen LogP contribution in [0.2, 0.25) is 0 Å². The third-order valence-corrected chi connectivity index (χ3v) is 4.63. The molecule has 0 spiro atoms. The molecule has 8 heteroatoms. The van der Waals surface area contributed by atoms with Crippen LogP contribution in [0.1, 0.15) is 11.4 Å². The molecule has 2 N–H and O–H groups in total. The summed E-state index contributed by atoms with van der Waals surface area (Å²) < 4.78 is 5.12. The molecule has 0 atom stereocenters. The number of nitrogens with one attached hydrogen (secondary N) is 2. The van der Waals surface area contributed by atoms with Gasteiger partial charge in [-0.3, -0.25) is 0 Å². The van der Waals surface area contributed by atoms with Crippen molar-refractivity contribution in [2.24, 2.45) is 0 Å². The monoisotopic (exact) mass is 370 g/mol. The zero-order chi connectivity index (χ0) is 19.4. The summed E-state index contributed by atoms with van der Waals surface area (Å²) in [7, 11) is 3.72. The Labute approximate surface area is 159 Å². The third kappa shape index (κ3) is 4.65. The molecule has 2 aromatic rings. The van der Waals surface area contributed by atoms with E-state index in [1.807, 2.05) is 13.8 Å². The molecule has 1 aromatic heterocycles. The van der Waals surface area contributed by atoms with Crippen LogP contribution in [0.25, 0.3) is 0 Å². The van der Waals surface area contributed by atoms with E-state index < -0.39 is 0 Å². The van der Waals surface area contributed by atoms with E-state index in [0.29, 0.717) is 11.4 Å². The predicted octanol–water partition coefficient (Wildman–Crippen LogP) is 2.50. The average Bonchev–Trinajstić information content (AvgIpc) is 2.66. The van der Waals surface area contributed by atoms with E-state index in [9.17, 15) is 4.79 Å². The fourth-order valence-electron chi connectivity index (χ4n) is 2.98. The van der Waals surface area contributed by atoms with Crippen molar-refractivity contribution >= 4 is 23.4 Å². The van der Waals surface area contributed by atoms with Crippen molar-refractivity contribution < 1.29 is 9.53 Å². The Hall–Kier alpha value is -2.87. The molecular weight excluding hydrogens is 344 g/mol. The summed E-state index contributed by atoms with van der Waals surface area (Å²) in [4.78, 5) is 26.0. The van der Waals surface area contributed by atoms with Gasteiger partial charge < -0.3 is 25.2 Å². The Balaban J connectivity index is 1.68. The van der Waals surface area contributed by atoms with E-state index in [1.165, 1.54) is 0 Å². The van der Waals surface area contributed by atoms with E-state index >= 15 is 0 Å². The largest absolute Gasteiger partial charge is 0.497 e. The molecule has 1 fully saturated rings. The minimum atomic E-state index is -0.331. The maximum atomic E-state index is 12.3. The highest BCUT2D eigenvalue weighted by atomic mass is 16.5. The molecule has 1 aromatic carbocycles. The van der Waals surface area contributed by atoms with Gasteiger partial charge in [-0.1, -0.05) is 0 Å². The predicted molar refractivity (Wildman–Crippen MR) is 107 cm³/mol. The lowest BCUT2D eigenvalue weighted by molar-refractivity contribution is 0.262. The first-order valence-electron chi connectivity index (χ1n) is 8.97. The molecule has 2 amide bonds. The zero-order valence-corrected chi connectivity index (χ0v) is 16.2. The van der Waals surface area contributed by atoms with Crippen molar-refractivity contribution in [1.82, 2.24) is 14.9 Å². The molecular formula is C19H26N6O2.